The molecule has 0 amide bonds. The van der Waals surface area contributed by atoms with Gasteiger partial charge >= 0.3 is 0 Å². The average Bonchev–Trinajstić information content (AvgIpc) is 2.82. The standard InChI is InChI=1S/C13H17N5S/c1-3-9-8-10-11(18(4-2)7-5-6-14)16-13(15)17-12(10)19-9/h8H,3-5,7H2,1-2H3,(H2,15,16,17). The summed E-state index contributed by atoms with van der Waals surface area (Å²) in [6, 6.07) is 4.30. The molecule has 2 aromatic rings. The molecule has 0 unspecified atom stereocenters. The van der Waals surface area contributed by atoms with Gasteiger partial charge < -0.3 is 10.6 Å². The monoisotopic (exact) mass is 275 g/mol. The first-order valence-electron chi connectivity index (χ1n) is 6.37. The van der Waals surface area contributed by atoms with Crippen LogP contribution in [0.4, 0.5) is 11.8 Å². The number of thiophene rings is 1. The summed E-state index contributed by atoms with van der Waals surface area (Å²) in [6.45, 7) is 5.63. The molecule has 100 valence electrons. The highest BCUT2D eigenvalue weighted by Gasteiger charge is 2.14. The van der Waals surface area contributed by atoms with Crippen molar-refractivity contribution in [2.45, 2.75) is 26.7 Å². The molecule has 2 rings (SSSR count). The van der Waals surface area contributed by atoms with Gasteiger partial charge in [-0.3, -0.25) is 0 Å². The molecule has 0 spiro atoms. The van der Waals surface area contributed by atoms with E-state index in [4.69, 9.17) is 11.0 Å². The molecule has 0 aliphatic heterocycles. The Morgan fingerprint density at radius 1 is 1.42 bits per heavy atom. The molecule has 0 aromatic carbocycles. The Hall–Kier alpha value is -1.87. The predicted molar refractivity (Wildman–Crippen MR) is 79.3 cm³/mol. The Balaban J connectivity index is 2.50. The number of hydrogen-bond acceptors (Lipinski definition) is 6. The van der Waals surface area contributed by atoms with Crippen LogP contribution in [0.3, 0.4) is 0 Å². The van der Waals surface area contributed by atoms with Crippen molar-refractivity contribution in [2.24, 2.45) is 0 Å². The maximum absolute atomic E-state index is 8.74. The van der Waals surface area contributed by atoms with Crippen molar-refractivity contribution in [3.8, 4) is 6.07 Å². The quantitative estimate of drug-likeness (QED) is 0.907. The van der Waals surface area contributed by atoms with Crippen LogP contribution in [0.25, 0.3) is 10.2 Å². The second-order valence-corrected chi connectivity index (χ2v) is 5.29. The molecule has 5 nitrogen and oxygen atoms in total. The molecule has 2 heterocycles. The summed E-state index contributed by atoms with van der Waals surface area (Å²) >= 11 is 1.65. The van der Waals surface area contributed by atoms with E-state index in [1.54, 1.807) is 11.3 Å². The lowest BCUT2D eigenvalue weighted by Gasteiger charge is -2.21. The Labute approximate surface area is 116 Å². The van der Waals surface area contributed by atoms with Crippen molar-refractivity contribution in [1.29, 1.82) is 5.26 Å². The molecule has 0 atom stereocenters. The lowest BCUT2D eigenvalue weighted by atomic mass is 10.3. The maximum atomic E-state index is 8.74. The Morgan fingerprint density at radius 3 is 2.84 bits per heavy atom. The van der Waals surface area contributed by atoms with Crippen LogP contribution in [0.5, 0.6) is 0 Å². The van der Waals surface area contributed by atoms with Gasteiger partial charge in [0.2, 0.25) is 5.95 Å². The molecule has 0 aliphatic carbocycles. The number of nitrogen functional groups attached to an aromatic ring is 1. The number of aryl methyl sites for hydroxylation is 1. The van der Waals surface area contributed by atoms with E-state index in [1.165, 1.54) is 4.88 Å². The highest BCUT2D eigenvalue weighted by molar-refractivity contribution is 7.18. The fourth-order valence-corrected chi connectivity index (χ4v) is 2.96. The van der Waals surface area contributed by atoms with Crippen LogP contribution in [0.2, 0.25) is 0 Å². The van der Waals surface area contributed by atoms with Crippen LogP contribution in [0.1, 0.15) is 25.1 Å². The number of nitrogens with two attached hydrogens (primary N) is 1. The van der Waals surface area contributed by atoms with Crippen molar-refractivity contribution in [3.05, 3.63) is 10.9 Å². The van der Waals surface area contributed by atoms with Crippen LogP contribution in [0, 0.1) is 11.3 Å². The van der Waals surface area contributed by atoms with Crippen molar-refractivity contribution in [3.63, 3.8) is 0 Å². The third kappa shape index (κ3) is 2.76. The SMILES string of the molecule is CCc1cc2c(N(CC)CCC#N)nc(N)nc2s1. The minimum atomic E-state index is 0.294. The van der Waals surface area contributed by atoms with Crippen LogP contribution in [-0.4, -0.2) is 23.1 Å². The molecular weight excluding hydrogens is 258 g/mol. The third-order valence-corrected chi connectivity index (χ3v) is 4.14. The number of fused-ring (bicyclic) bond motifs is 1. The first kappa shape index (κ1) is 13.6. The fraction of sp³-hybridized carbons (Fsp3) is 0.462. The summed E-state index contributed by atoms with van der Waals surface area (Å²) < 4.78 is 0. The van der Waals surface area contributed by atoms with E-state index in [9.17, 15) is 0 Å². The van der Waals surface area contributed by atoms with Crippen molar-refractivity contribution in [2.75, 3.05) is 23.7 Å². The molecule has 0 saturated heterocycles. The number of hydrogen-bond donors (Lipinski definition) is 1. The predicted octanol–water partition coefficient (Wildman–Crippen LogP) is 2.58. The van der Waals surface area contributed by atoms with E-state index in [0.717, 1.165) is 29.0 Å². The number of anilines is 2. The lowest BCUT2D eigenvalue weighted by molar-refractivity contribution is 0.815. The summed E-state index contributed by atoms with van der Waals surface area (Å²) in [7, 11) is 0. The molecule has 0 fully saturated rings. The van der Waals surface area contributed by atoms with Gasteiger partial charge in [0.15, 0.2) is 0 Å². The Bertz CT molecular complexity index is 613. The topological polar surface area (TPSA) is 78.8 Å². The molecule has 0 saturated carbocycles. The first-order valence-corrected chi connectivity index (χ1v) is 7.19. The normalized spacial score (nSPS) is 10.6. The van der Waals surface area contributed by atoms with Gasteiger partial charge in [-0.15, -0.1) is 11.3 Å². The minimum absolute atomic E-state index is 0.294. The molecule has 0 radical (unpaired) electrons. The van der Waals surface area contributed by atoms with Crippen molar-refractivity contribution in [1.82, 2.24) is 9.97 Å². The largest absolute Gasteiger partial charge is 0.368 e. The lowest BCUT2D eigenvalue weighted by Crippen LogP contribution is -2.25. The summed E-state index contributed by atoms with van der Waals surface area (Å²) in [5.74, 6) is 1.14. The zero-order chi connectivity index (χ0) is 13.8. The van der Waals surface area contributed by atoms with Crippen LogP contribution in [0.15, 0.2) is 6.07 Å². The molecule has 0 aliphatic rings. The minimum Gasteiger partial charge on any atom is -0.368 e. The summed E-state index contributed by atoms with van der Waals surface area (Å²) in [5.41, 5.74) is 5.79. The van der Waals surface area contributed by atoms with E-state index in [0.29, 0.717) is 18.9 Å². The summed E-state index contributed by atoms with van der Waals surface area (Å²) in [5, 5.41) is 9.77. The maximum Gasteiger partial charge on any atom is 0.223 e. The molecular formula is C13H17N5S. The van der Waals surface area contributed by atoms with Crippen molar-refractivity contribution < 1.29 is 0 Å². The number of aromatic nitrogens is 2. The molecule has 2 N–H and O–H groups in total. The van der Waals surface area contributed by atoms with Gasteiger partial charge in [-0.05, 0) is 19.4 Å². The highest BCUT2D eigenvalue weighted by Crippen LogP contribution is 2.31. The third-order valence-electron chi connectivity index (χ3n) is 2.96. The molecule has 2 aromatic heterocycles. The highest BCUT2D eigenvalue weighted by atomic mass is 32.1. The number of nitrogens with zero attached hydrogens (tertiary/aromatic N) is 4. The fourth-order valence-electron chi connectivity index (χ4n) is 1.99. The Kier molecular flexibility index (Phi) is 4.17. The van der Waals surface area contributed by atoms with Crippen LogP contribution < -0.4 is 10.6 Å². The zero-order valence-corrected chi connectivity index (χ0v) is 12.0. The van der Waals surface area contributed by atoms with E-state index in [-0.39, 0.29) is 0 Å². The second-order valence-electron chi connectivity index (χ2n) is 4.18. The smallest absolute Gasteiger partial charge is 0.223 e. The van der Waals surface area contributed by atoms with Crippen LogP contribution in [-0.2, 0) is 6.42 Å². The number of rotatable bonds is 5. The van der Waals surface area contributed by atoms with Gasteiger partial charge in [0.25, 0.3) is 0 Å². The van der Waals surface area contributed by atoms with Crippen LogP contribution >= 0.6 is 11.3 Å². The van der Waals surface area contributed by atoms with Gasteiger partial charge in [-0.1, -0.05) is 6.92 Å². The molecule has 19 heavy (non-hydrogen) atoms. The Morgan fingerprint density at radius 2 is 2.21 bits per heavy atom. The second kappa shape index (κ2) is 5.85. The average molecular weight is 275 g/mol. The van der Waals surface area contributed by atoms with E-state index >= 15 is 0 Å². The van der Waals surface area contributed by atoms with Crippen molar-refractivity contribution >= 4 is 33.3 Å². The van der Waals surface area contributed by atoms with E-state index in [1.807, 2.05) is 0 Å². The van der Waals surface area contributed by atoms with Gasteiger partial charge in [-0.25, -0.2) is 4.98 Å². The first-order chi connectivity index (χ1) is 9.19. The summed E-state index contributed by atoms with van der Waals surface area (Å²) in [4.78, 5) is 12.9. The van der Waals surface area contributed by atoms with Gasteiger partial charge in [-0.2, -0.15) is 10.2 Å². The molecule has 6 heteroatoms. The van der Waals surface area contributed by atoms with E-state index < -0.39 is 0 Å². The zero-order valence-electron chi connectivity index (χ0n) is 11.2. The summed E-state index contributed by atoms with van der Waals surface area (Å²) in [6.07, 6.45) is 1.45. The number of nitriles is 1. The van der Waals surface area contributed by atoms with Gasteiger partial charge in [0.05, 0.1) is 17.9 Å². The van der Waals surface area contributed by atoms with Gasteiger partial charge in [0, 0.05) is 18.0 Å². The molecule has 0 bridgehead atoms. The van der Waals surface area contributed by atoms with Gasteiger partial charge in [0.1, 0.15) is 10.6 Å². The van der Waals surface area contributed by atoms with E-state index in [2.05, 4.69) is 40.9 Å².